The Balaban J connectivity index is -0.000000142. The van der Waals surface area contributed by atoms with Gasteiger partial charge in [-0.3, -0.25) is 0 Å². The van der Waals surface area contributed by atoms with Crippen molar-refractivity contribution in [3.63, 3.8) is 0 Å². The summed E-state index contributed by atoms with van der Waals surface area (Å²) >= 11 is 2.38. The zero-order valence-electron chi connectivity index (χ0n) is 10.8. The molecule has 0 saturated heterocycles. The topological polar surface area (TPSA) is 62.9 Å². The molecular formula is C13H14CrINO3. The van der Waals surface area contributed by atoms with Gasteiger partial charge in [0.1, 0.15) is 0 Å². The molecule has 0 aromatic heterocycles. The molecule has 0 spiro atoms. The average Bonchev–Trinajstić information content (AvgIpc) is 2.45. The van der Waals surface area contributed by atoms with E-state index in [4.69, 9.17) is 14.0 Å². The minimum atomic E-state index is 0. The van der Waals surface area contributed by atoms with E-state index < -0.39 is 0 Å². The summed E-state index contributed by atoms with van der Waals surface area (Å²) in [6.07, 6.45) is 0. The molecule has 1 unspecified atom stereocenters. The third kappa shape index (κ3) is 12.4. The molecule has 19 heavy (non-hydrogen) atoms. The van der Waals surface area contributed by atoms with Crippen LogP contribution in [0, 0.1) is 23.5 Å². The first-order chi connectivity index (χ1) is 8.63. The molecule has 0 aliphatic rings. The molecule has 0 N–H and O–H groups in total. The number of hydrogen-bond acceptors (Lipinski definition) is 1. The zero-order chi connectivity index (χ0) is 15.1. The minimum absolute atomic E-state index is 0. The molecule has 1 aromatic carbocycles. The van der Waals surface area contributed by atoms with Crippen molar-refractivity contribution in [2.24, 2.45) is 0 Å². The molecule has 1 aromatic rings. The van der Waals surface area contributed by atoms with Crippen LogP contribution in [0.4, 0.5) is 0 Å². The summed E-state index contributed by atoms with van der Waals surface area (Å²) < 4.78 is 23.8. The van der Waals surface area contributed by atoms with Crippen LogP contribution in [-0.4, -0.2) is 19.0 Å². The average molecular weight is 411 g/mol. The van der Waals surface area contributed by atoms with E-state index in [1.807, 2.05) is 0 Å². The van der Waals surface area contributed by atoms with Crippen molar-refractivity contribution < 1.29 is 31.3 Å². The Hall–Kier alpha value is -0.338. The number of hydrogen-bond donors (Lipinski definition) is 0. The predicted octanol–water partition coefficient (Wildman–Crippen LogP) is 2.80. The fraction of sp³-hybridized carbons (Fsp3) is 0.308. The van der Waals surface area contributed by atoms with Gasteiger partial charge in [-0.25, -0.2) is 0 Å². The van der Waals surface area contributed by atoms with Gasteiger partial charge < -0.3 is 4.90 Å². The van der Waals surface area contributed by atoms with Gasteiger partial charge in [0, 0.05) is 27.0 Å². The molecule has 4 nitrogen and oxygen atoms in total. The monoisotopic (exact) mass is 411 g/mol. The number of halogens is 1. The van der Waals surface area contributed by atoms with E-state index in [1.165, 1.54) is 9.13 Å². The Morgan fingerprint density at radius 3 is 1.68 bits per heavy atom. The Labute approximate surface area is 139 Å². The van der Waals surface area contributed by atoms with Crippen LogP contribution in [-0.2, 0) is 31.3 Å². The van der Waals surface area contributed by atoms with Crippen LogP contribution < -0.4 is 0 Å². The fourth-order valence-corrected chi connectivity index (χ4v) is 1.93. The first-order valence-corrected chi connectivity index (χ1v) is 5.73. The van der Waals surface area contributed by atoms with Crippen molar-refractivity contribution in [1.29, 1.82) is 0 Å². The van der Waals surface area contributed by atoms with Gasteiger partial charge in [0.25, 0.3) is 0 Å². The molecule has 0 saturated carbocycles. The zero-order valence-corrected chi connectivity index (χ0v) is 14.3. The Morgan fingerprint density at radius 2 is 1.37 bits per heavy atom. The van der Waals surface area contributed by atoms with Crippen molar-refractivity contribution in [2.75, 3.05) is 14.1 Å². The summed E-state index contributed by atoms with van der Waals surface area (Å²) in [5, 5.41) is 0. The van der Waals surface area contributed by atoms with Gasteiger partial charge in [0.15, 0.2) is 0 Å². The SMILES string of the molecule is CC(c1ccccc1I)N(C)C.[C-]#[O+].[C-]#[O+].[C-]#[O+].[Cr]. The molecule has 0 amide bonds. The molecule has 0 radical (unpaired) electrons. The quantitative estimate of drug-likeness (QED) is 0.420. The van der Waals surface area contributed by atoms with Crippen LogP contribution in [0.25, 0.3) is 0 Å². The van der Waals surface area contributed by atoms with E-state index in [0.717, 1.165) is 0 Å². The third-order valence-electron chi connectivity index (χ3n) is 2.13. The van der Waals surface area contributed by atoms with E-state index in [0.29, 0.717) is 6.04 Å². The Bertz CT molecular complexity index is 363. The van der Waals surface area contributed by atoms with Crippen LogP contribution in [0.5, 0.6) is 0 Å². The molecule has 0 aliphatic carbocycles. The summed E-state index contributed by atoms with van der Waals surface area (Å²) in [7, 11) is 4.21. The minimum Gasteiger partial charge on any atom is 0 e. The molecular weight excluding hydrogens is 397 g/mol. The second kappa shape index (κ2) is 20.0. The third-order valence-corrected chi connectivity index (χ3v) is 3.11. The maximum absolute atomic E-state index is 7.50. The van der Waals surface area contributed by atoms with Gasteiger partial charge in [-0.1, -0.05) is 18.2 Å². The summed E-state index contributed by atoms with van der Waals surface area (Å²) in [6, 6.07) is 9.01. The van der Waals surface area contributed by atoms with Crippen LogP contribution in [0.1, 0.15) is 18.5 Å². The number of benzene rings is 1. The molecule has 0 fully saturated rings. The van der Waals surface area contributed by atoms with Gasteiger partial charge in [-0.2, -0.15) is 0 Å². The van der Waals surface area contributed by atoms with Crippen LogP contribution in [0.15, 0.2) is 24.3 Å². The van der Waals surface area contributed by atoms with Crippen molar-refractivity contribution >= 4 is 22.6 Å². The first-order valence-electron chi connectivity index (χ1n) is 4.65. The molecule has 6 heteroatoms. The Kier molecular flexibility index (Phi) is 28.5. The van der Waals surface area contributed by atoms with Crippen molar-refractivity contribution in [1.82, 2.24) is 4.90 Å². The second-order valence-corrected chi connectivity index (χ2v) is 4.32. The van der Waals surface area contributed by atoms with Crippen LogP contribution >= 0.6 is 22.6 Å². The van der Waals surface area contributed by atoms with Gasteiger partial charge in [0.05, 0.1) is 0 Å². The number of rotatable bonds is 2. The maximum atomic E-state index is 7.50. The van der Waals surface area contributed by atoms with E-state index in [2.05, 4.69) is 92.7 Å². The van der Waals surface area contributed by atoms with Gasteiger partial charge in [0.2, 0.25) is 0 Å². The van der Waals surface area contributed by atoms with E-state index in [9.17, 15) is 0 Å². The van der Waals surface area contributed by atoms with Gasteiger partial charge in [-0.05, 0) is 55.2 Å². The largest absolute Gasteiger partial charge is 0 e. The summed E-state index contributed by atoms with van der Waals surface area (Å²) in [6.45, 7) is 15.7. The van der Waals surface area contributed by atoms with Gasteiger partial charge in [-0.15, -0.1) is 0 Å². The fourth-order valence-electron chi connectivity index (χ4n) is 1.09. The van der Waals surface area contributed by atoms with E-state index in [-0.39, 0.29) is 17.4 Å². The molecule has 0 aliphatic heterocycles. The Morgan fingerprint density at radius 1 is 1.00 bits per heavy atom. The first kappa shape index (κ1) is 27.1. The van der Waals surface area contributed by atoms with Crippen molar-refractivity contribution in [3.05, 3.63) is 53.4 Å². The predicted molar refractivity (Wildman–Crippen MR) is 73.0 cm³/mol. The smallest absolute Gasteiger partial charge is 0 e. The summed E-state index contributed by atoms with van der Waals surface area (Å²) in [5.74, 6) is 0. The van der Waals surface area contributed by atoms with Crippen LogP contribution in [0.3, 0.4) is 0 Å². The second-order valence-electron chi connectivity index (χ2n) is 3.16. The van der Waals surface area contributed by atoms with Gasteiger partial charge >= 0.3 is 33.9 Å². The summed E-state index contributed by atoms with van der Waals surface area (Å²) in [4.78, 5) is 2.22. The van der Waals surface area contributed by atoms with E-state index in [1.54, 1.807) is 0 Å². The van der Waals surface area contributed by atoms with Crippen molar-refractivity contribution in [2.45, 2.75) is 13.0 Å². The van der Waals surface area contributed by atoms with Crippen LogP contribution in [0.2, 0.25) is 0 Å². The van der Waals surface area contributed by atoms with E-state index >= 15 is 0 Å². The summed E-state index contributed by atoms with van der Waals surface area (Å²) in [5.41, 5.74) is 1.41. The molecule has 102 valence electrons. The number of nitrogens with zero attached hydrogens (tertiary/aromatic N) is 1. The van der Waals surface area contributed by atoms with Crippen molar-refractivity contribution in [3.8, 4) is 0 Å². The standard InChI is InChI=1S/C10H14IN.3CO.Cr/c1-8(12(2)3)9-6-4-5-7-10(9)11;3*1-2;/h4-8H,1-3H3;;;;. The molecule has 1 rings (SSSR count). The molecule has 0 heterocycles. The molecule has 1 atom stereocenters. The maximum Gasteiger partial charge on any atom is 0 e. The normalized spacial score (nSPS) is 8.79. The molecule has 0 bridgehead atoms.